The minimum absolute atomic E-state index is 0.159. The molecule has 15 heavy (non-hydrogen) atoms. The van der Waals surface area contributed by atoms with Crippen molar-refractivity contribution in [1.82, 2.24) is 0 Å². The Hall–Kier alpha value is -0.890. The van der Waals surface area contributed by atoms with E-state index in [1.54, 1.807) is 6.07 Å². The number of benzene rings is 1. The normalized spacial score (nSPS) is 13.2. The second kappa shape index (κ2) is 5.26. The number of hydrogen-bond acceptors (Lipinski definition) is 1. The van der Waals surface area contributed by atoms with Gasteiger partial charge in [0.2, 0.25) is 0 Å². The van der Waals surface area contributed by atoms with Crippen molar-refractivity contribution in [2.75, 3.05) is 0 Å². The summed E-state index contributed by atoms with van der Waals surface area (Å²) in [6, 6.07) is 5.14. The van der Waals surface area contributed by atoms with Crippen molar-refractivity contribution < 1.29 is 4.39 Å². The van der Waals surface area contributed by atoms with Crippen LogP contribution in [0.1, 0.15) is 31.4 Å². The third-order valence-corrected chi connectivity index (χ3v) is 2.91. The van der Waals surface area contributed by atoms with E-state index in [1.165, 1.54) is 6.07 Å². The molecule has 1 nitrogen and oxygen atoms in total. The van der Waals surface area contributed by atoms with Crippen LogP contribution in [0.4, 0.5) is 4.39 Å². The Kier molecular flexibility index (Phi) is 4.28. The number of nitrogens with two attached hydrogens (primary N) is 1. The highest BCUT2D eigenvalue weighted by molar-refractivity contribution is 5.26. The van der Waals surface area contributed by atoms with Crippen molar-refractivity contribution in [3.63, 3.8) is 0 Å². The predicted molar refractivity (Wildman–Crippen MR) is 62.3 cm³/mol. The van der Waals surface area contributed by atoms with Crippen molar-refractivity contribution >= 4 is 0 Å². The Morgan fingerprint density at radius 3 is 2.60 bits per heavy atom. The van der Waals surface area contributed by atoms with Crippen LogP contribution in [0.2, 0.25) is 0 Å². The van der Waals surface area contributed by atoms with Crippen LogP contribution in [0, 0.1) is 18.7 Å². The maximum Gasteiger partial charge on any atom is 0.123 e. The summed E-state index contributed by atoms with van der Waals surface area (Å²) in [6.07, 6.45) is 1.78. The van der Waals surface area contributed by atoms with E-state index in [9.17, 15) is 4.39 Å². The molecule has 0 aliphatic heterocycles. The average Bonchev–Trinajstić information content (AvgIpc) is 2.18. The summed E-state index contributed by atoms with van der Waals surface area (Å²) >= 11 is 0. The molecule has 0 aromatic heterocycles. The largest absolute Gasteiger partial charge is 0.327 e. The van der Waals surface area contributed by atoms with Crippen molar-refractivity contribution in [3.05, 3.63) is 35.1 Å². The van der Waals surface area contributed by atoms with Gasteiger partial charge in [-0.3, -0.25) is 0 Å². The molecule has 0 saturated carbocycles. The summed E-state index contributed by atoms with van der Waals surface area (Å²) in [6.45, 7) is 6.24. The highest BCUT2D eigenvalue weighted by Crippen LogP contribution is 2.14. The number of hydrogen-bond donors (Lipinski definition) is 1. The van der Waals surface area contributed by atoms with Gasteiger partial charge in [-0.25, -0.2) is 4.39 Å². The molecule has 0 bridgehead atoms. The maximum absolute atomic E-state index is 13.0. The molecule has 0 saturated heterocycles. The standard InChI is InChI=1S/C13H20FN/c1-9(2)13(15)7-5-11-8-12(14)6-4-10(11)3/h4,6,8-9,13H,5,7,15H2,1-3H3. The second-order valence-corrected chi connectivity index (χ2v) is 4.52. The van der Waals surface area contributed by atoms with Crippen molar-refractivity contribution in [2.45, 2.75) is 39.7 Å². The maximum atomic E-state index is 13.0. The lowest BCUT2D eigenvalue weighted by Gasteiger charge is -2.15. The first-order valence-electron chi connectivity index (χ1n) is 5.51. The van der Waals surface area contributed by atoms with Crippen molar-refractivity contribution in [1.29, 1.82) is 0 Å². The summed E-state index contributed by atoms with van der Waals surface area (Å²) in [5.74, 6) is 0.326. The van der Waals surface area contributed by atoms with Crippen LogP contribution in [-0.2, 0) is 6.42 Å². The minimum Gasteiger partial charge on any atom is -0.327 e. The van der Waals surface area contributed by atoms with Gasteiger partial charge in [-0.2, -0.15) is 0 Å². The van der Waals surface area contributed by atoms with E-state index in [2.05, 4.69) is 13.8 Å². The molecule has 0 fully saturated rings. The minimum atomic E-state index is -0.159. The quantitative estimate of drug-likeness (QED) is 0.810. The number of rotatable bonds is 4. The molecule has 0 heterocycles. The van der Waals surface area contributed by atoms with Gasteiger partial charge in [0.25, 0.3) is 0 Å². The van der Waals surface area contributed by atoms with E-state index in [1.807, 2.05) is 13.0 Å². The molecule has 84 valence electrons. The SMILES string of the molecule is Cc1ccc(F)cc1CCC(N)C(C)C. The van der Waals surface area contributed by atoms with Gasteiger partial charge < -0.3 is 5.73 Å². The van der Waals surface area contributed by atoms with Crippen molar-refractivity contribution in [3.8, 4) is 0 Å². The summed E-state index contributed by atoms with van der Waals surface area (Å²) in [7, 11) is 0. The molecule has 1 unspecified atom stereocenters. The molecule has 0 aliphatic rings. The lowest BCUT2D eigenvalue weighted by molar-refractivity contribution is 0.463. The molecular formula is C13H20FN. The topological polar surface area (TPSA) is 26.0 Å². The van der Waals surface area contributed by atoms with Gasteiger partial charge in [0.05, 0.1) is 0 Å². The zero-order valence-corrected chi connectivity index (χ0v) is 9.76. The first-order chi connectivity index (χ1) is 7.00. The third-order valence-electron chi connectivity index (χ3n) is 2.91. The van der Waals surface area contributed by atoms with E-state index in [0.717, 1.165) is 24.0 Å². The molecule has 2 N–H and O–H groups in total. The lowest BCUT2D eigenvalue weighted by Crippen LogP contribution is -2.26. The van der Waals surface area contributed by atoms with Crippen LogP contribution in [0.15, 0.2) is 18.2 Å². The molecule has 2 heteroatoms. The second-order valence-electron chi connectivity index (χ2n) is 4.52. The molecule has 1 atom stereocenters. The smallest absolute Gasteiger partial charge is 0.123 e. The summed E-state index contributed by atoms with van der Waals surface area (Å²) < 4.78 is 13.0. The molecule has 0 aliphatic carbocycles. The summed E-state index contributed by atoms with van der Waals surface area (Å²) in [5, 5.41) is 0. The van der Waals surface area contributed by atoms with Gasteiger partial charge in [-0.05, 0) is 48.9 Å². The van der Waals surface area contributed by atoms with Crippen LogP contribution in [-0.4, -0.2) is 6.04 Å². The highest BCUT2D eigenvalue weighted by atomic mass is 19.1. The van der Waals surface area contributed by atoms with E-state index < -0.39 is 0 Å². The summed E-state index contributed by atoms with van der Waals surface area (Å²) in [5.41, 5.74) is 8.18. The Morgan fingerprint density at radius 2 is 2.00 bits per heavy atom. The van der Waals surface area contributed by atoms with E-state index in [-0.39, 0.29) is 11.9 Å². The number of aryl methyl sites for hydroxylation is 2. The van der Waals surface area contributed by atoms with Crippen LogP contribution in [0.25, 0.3) is 0 Å². The third kappa shape index (κ3) is 3.63. The molecular weight excluding hydrogens is 189 g/mol. The van der Waals surface area contributed by atoms with Crippen LogP contribution < -0.4 is 5.73 Å². The van der Waals surface area contributed by atoms with Gasteiger partial charge in [-0.15, -0.1) is 0 Å². The van der Waals surface area contributed by atoms with E-state index in [0.29, 0.717) is 5.92 Å². The van der Waals surface area contributed by atoms with Gasteiger partial charge >= 0.3 is 0 Å². The Bertz CT molecular complexity index is 320. The zero-order valence-electron chi connectivity index (χ0n) is 9.76. The zero-order chi connectivity index (χ0) is 11.4. The number of halogens is 1. The molecule has 1 aromatic rings. The summed E-state index contributed by atoms with van der Waals surface area (Å²) in [4.78, 5) is 0. The molecule has 1 aromatic carbocycles. The highest BCUT2D eigenvalue weighted by Gasteiger charge is 2.08. The fourth-order valence-corrected chi connectivity index (χ4v) is 1.56. The van der Waals surface area contributed by atoms with Gasteiger partial charge in [-0.1, -0.05) is 19.9 Å². The average molecular weight is 209 g/mol. The molecule has 1 rings (SSSR count). The Morgan fingerprint density at radius 1 is 1.33 bits per heavy atom. The lowest BCUT2D eigenvalue weighted by atomic mass is 9.96. The van der Waals surface area contributed by atoms with Gasteiger partial charge in [0.15, 0.2) is 0 Å². The monoisotopic (exact) mass is 209 g/mol. The van der Waals surface area contributed by atoms with Crippen LogP contribution >= 0.6 is 0 Å². The molecule has 0 radical (unpaired) electrons. The van der Waals surface area contributed by atoms with Crippen LogP contribution in [0.3, 0.4) is 0 Å². The first-order valence-corrected chi connectivity index (χ1v) is 5.51. The Balaban J connectivity index is 2.61. The fourth-order valence-electron chi connectivity index (χ4n) is 1.56. The van der Waals surface area contributed by atoms with Crippen molar-refractivity contribution in [2.24, 2.45) is 11.7 Å². The van der Waals surface area contributed by atoms with Crippen LogP contribution in [0.5, 0.6) is 0 Å². The Labute approximate surface area is 91.5 Å². The predicted octanol–water partition coefficient (Wildman–Crippen LogP) is 3.05. The van der Waals surface area contributed by atoms with Gasteiger partial charge in [0.1, 0.15) is 5.82 Å². The van der Waals surface area contributed by atoms with Gasteiger partial charge in [0, 0.05) is 6.04 Å². The first kappa shape index (κ1) is 12.2. The molecule has 0 amide bonds. The molecule has 0 spiro atoms. The van der Waals surface area contributed by atoms with E-state index in [4.69, 9.17) is 5.73 Å². The fraction of sp³-hybridized carbons (Fsp3) is 0.538. The van der Waals surface area contributed by atoms with E-state index >= 15 is 0 Å².